The Labute approximate surface area is 111 Å². The predicted molar refractivity (Wildman–Crippen MR) is 71.9 cm³/mol. The monoisotopic (exact) mass is 269 g/mol. The molecule has 0 aliphatic carbocycles. The summed E-state index contributed by atoms with van der Waals surface area (Å²) in [7, 11) is 0. The number of nitrogens with one attached hydrogen (secondary N) is 1. The number of rotatable bonds is 4. The predicted octanol–water partition coefficient (Wildman–Crippen LogP) is 3.08. The zero-order valence-electron chi connectivity index (χ0n) is 11.1. The van der Waals surface area contributed by atoms with Gasteiger partial charge in [-0.1, -0.05) is 6.92 Å². The summed E-state index contributed by atoms with van der Waals surface area (Å²) in [5.41, 5.74) is 0.508. The maximum Gasteiger partial charge on any atom is 0.408 e. The molecule has 1 heterocycles. The first kappa shape index (κ1) is 14.7. The van der Waals surface area contributed by atoms with Crippen LogP contribution in [0.1, 0.15) is 44.2 Å². The lowest BCUT2D eigenvalue weighted by atomic mass is 10.1. The van der Waals surface area contributed by atoms with Crippen molar-refractivity contribution in [1.29, 1.82) is 0 Å². The molecule has 4 nitrogen and oxygen atoms in total. The van der Waals surface area contributed by atoms with Crippen LogP contribution in [0.4, 0.5) is 4.79 Å². The van der Waals surface area contributed by atoms with E-state index in [0.717, 1.165) is 23.1 Å². The molecule has 100 valence electrons. The number of amides is 1. The van der Waals surface area contributed by atoms with Crippen LogP contribution in [0.15, 0.2) is 11.4 Å². The molecule has 0 bridgehead atoms. The summed E-state index contributed by atoms with van der Waals surface area (Å²) < 4.78 is 5.14. The smallest absolute Gasteiger partial charge is 0.408 e. The maximum absolute atomic E-state index is 11.6. The summed E-state index contributed by atoms with van der Waals surface area (Å²) in [5, 5.41) is 4.50. The lowest BCUT2D eigenvalue weighted by molar-refractivity contribution is -0.109. The minimum Gasteiger partial charge on any atom is -0.444 e. The highest BCUT2D eigenvalue weighted by molar-refractivity contribution is 7.10. The van der Waals surface area contributed by atoms with Gasteiger partial charge in [-0.15, -0.1) is 11.3 Å². The molecule has 5 heteroatoms. The summed E-state index contributed by atoms with van der Waals surface area (Å²) in [6.45, 7) is 7.36. The quantitative estimate of drug-likeness (QED) is 0.855. The van der Waals surface area contributed by atoms with Crippen LogP contribution in [-0.2, 0) is 16.0 Å². The molecule has 1 aromatic heterocycles. The summed E-state index contributed by atoms with van der Waals surface area (Å²) in [4.78, 5) is 23.6. The van der Waals surface area contributed by atoms with E-state index in [-0.39, 0.29) is 0 Å². The van der Waals surface area contributed by atoms with Gasteiger partial charge < -0.3 is 14.8 Å². The molecule has 0 spiro atoms. The van der Waals surface area contributed by atoms with Gasteiger partial charge in [0.1, 0.15) is 17.9 Å². The van der Waals surface area contributed by atoms with Crippen LogP contribution in [0, 0.1) is 0 Å². The van der Waals surface area contributed by atoms with E-state index in [9.17, 15) is 9.59 Å². The summed E-state index contributed by atoms with van der Waals surface area (Å²) >= 11 is 1.47. The zero-order valence-corrected chi connectivity index (χ0v) is 12.0. The van der Waals surface area contributed by atoms with Gasteiger partial charge in [-0.2, -0.15) is 0 Å². The van der Waals surface area contributed by atoms with Gasteiger partial charge in [-0.05, 0) is 44.2 Å². The van der Waals surface area contributed by atoms with Crippen LogP contribution in [0.25, 0.3) is 0 Å². The summed E-state index contributed by atoms with van der Waals surface area (Å²) in [5.74, 6) is 0. The fourth-order valence-corrected chi connectivity index (χ4v) is 2.51. The number of aldehydes is 1. The van der Waals surface area contributed by atoms with E-state index >= 15 is 0 Å². The number of ether oxygens (including phenoxy) is 1. The van der Waals surface area contributed by atoms with E-state index in [4.69, 9.17) is 4.74 Å². The van der Waals surface area contributed by atoms with Crippen molar-refractivity contribution < 1.29 is 14.3 Å². The second-order valence-corrected chi connectivity index (χ2v) is 5.87. The average Bonchev–Trinajstić information content (AvgIpc) is 2.71. The topological polar surface area (TPSA) is 55.4 Å². The molecule has 0 radical (unpaired) electrons. The Kier molecular flexibility index (Phi) is 4.90. The molecule has 0 saturated heterocycles. The molecule has 0 saturated carbocycles. The summed E-state index contributed by atoms with van der Waals surface area (Å²) in [6.07, 6.45) is 0.990. The van der Waals surface area contributed by atoms with Gasteiger partial charge in [0.05, 0.1) is 0 Å². The van der Waals surface area contributed by atoms with Crippen molar-refractivity contribution in [3.05, 3.63) is 21.9 Å². The standard InChI is InChI=1S/C13H19NO3S/c1-5-9-6-7-18-11(9)10(8-15)14-12(16)17-13(2,3)4/h6-8,10H,5H2,1-4H3,(H,14,16). The number of thiophene rings is 1. The third kappa shape index (κ3) is 4.14. The van der Waals surface area contributed by atoms with Crippen molar-refractivity contribution in [3.8, 4) is 0 Å². The fraction of sp³-hybridized carbons (Fsp3) is 0.538. The number of carbonyl (C=O) groups excluding carboxylic acids is 2. The van der Waals surface area contributed by atoms with Gasteiger partial charge >= 0.3 is 6.09 Å². The van der Waals surface area contributed by atoms with Crippen LogP contribution in [0.3, 0.4) is 0 Å². The molecular weight excluding hydrogens is 250 g/mol. The van der Waals surface area contributed by atoms with Crippen molar-refractivity contribution in [2.24, 2.45) is 0 Å². The van der Waals surface area contributed by atoms with Crippen LogP contribution < -0.4 is 5.32 Å². The van der Waals surface area contributed by atoms with Gasteiger partial charge in [0.25, 0.3) is 0 Å². The third-order valence-electron chi connectivity index (χ3n) is 2.25. The number of hydrogen-bond donors (Lipinski definition) is 1. The van der Waals surface area contributed by atoms with Gasteiger partial charge in [-0.25, -0.2) is 4.79 Å². The number of aryl methyl sites for hydroxylation is 1. The van der Waals surface area contributed by atoms with E-state index in [1.165, 1.54) is 11.3 Å². The fourth-order valence-electron chi connectivity index (χ4n) is 1.51. The Balaban J connectivity index is 2.74. The van der Waals surface area contributed by atoms with Crippen LogP contribution >= 0.6 is 11.3 Å². The minimum absolute atomic E-state index is 0.569. The van der Waals surface area contributed by atoms with Gasteiger partial charge in [-0.3, -0.25) is 0 Å². The number of hydrogen-bond acceptors (Lipinski definition) is 4. The maximum atomic E-state index is 11.6. The van der Waals surface area contributed by atoms with Crippen molar-refractivity contribution >= 4 is 23.7 Å². The van der Waals surface area contributed by atoms with Crippen molar-refractivity contribution in [2.45, 2.75) is 45.8 Å². The first-order chi connectivity index (χ1) is 8.37. The van der Waals surface area contributed by atoms with Crippen LogP contribution in [-0.4, -0.2) is 18.0 Å². The lowest BCUT2D eigenvalue weighted by Crippen LogP contribution is -2.35. The second-order valence-electron chi connectivity index (χ2n) is 4.92. The Bertz CT molecular complexity index is 420. The number of carbonyl (C=O) groups is 2. The molecular formula is C13H19NO3S. The molecule has 1 rings (SSSR count). The van der Waals surface area contributed by atoms with Crippen molar-refractivity contribution in [2.75, 3.05) is 0 Å². The molecule has 1 N–H and O–H groups in total. The Morgan fingerprint density at radius 3 is 2.72 bits per heavy atom. The molecule has 0 fully saturated rings. The van der Waals surface area contributed by atoms with Gasteiger partial charge in [0.15, 0.2) is 0 Å². The molecule has 0 aliphatic rings. The molecule has 1 unspecified atom stereocenters. The Morgan fingerprint density at radius 2 is 2.22 bits per heavy atom. The third-order valence-corrected chi connectivity index (χ3v) is 3.29. The Morgan fingerprint density at radius 1 is 1.56 bits per heavy atom. The summed E-state index contributed by atoms with van der Waals surface area (Å²) in [6, 6.07) is 1.34. The largest absolute Gasteiger partial charge is 0.444 e. The van der Waals surface area contributed by atoms with Crippen LogP contribution in [0.5, 0.6) is 0 Å². The van der Waals surface area contributed by atoms with Crippen molar-refractivity contribution in [3.63, 3.8) is 0 Å². The van der Waals surface area contributed by atoms with Crippen molar-refractivity contribution in [1.82, 2.24) is 5.32 Å². The average molecular weight is 269 g/mol. The van der Waals surface area contributed by atoms with E-state index in [0.29, 0.717) is 0 Å². The second kappa shape index (κ2) is 6.00. The van der Waals surface area contributed by atoms with E-state index in [1.807, 2.05) is 18.4 Å². The van der Waals surface area contributed by atoms with E-state index in [1.54, 1.807) is 20.8 Å². The first-order valence-electron chi connectivity index (χ1n) is 5.88. The normalized spacial score (nSPS) is 12.9. The molecule has 0 aliphatic heterocycles. The highest BCUT2D eigenvalue weighted by Gasteiger charge is 2.22. The van der Waals surface area contributed by atoms with Crippen LogP contribution in [0.2, 0.25) is 0 Å². The molecule has 1 aromatic rings. The highest BCUT2D eigenvalue weighted by atomic mass is 32.1. The number of alkyl carbamates (subject to hydrolysis) is 1. The minimum atomic E-state index is -0.630. The van der Waals surface area contributed by atoms with E-state index < -0.39 is 17.7 Å². The lowest BCUT2D eigenvalue weighted by Gasteiger charge is -2.21. The Hall–Kier alpha value is -1.36. The first-order valence-corrected chi connectivity index (χ1v) is 6.76. The molecule has 1 atom stereocenters. The highest BCUT2D eigenvalue weighted by Crippen LogP contribution is 2.24. The molecule has 18 heavy (non-hydrogen) atoms. The van der Waals surface area contributed by atoms with Gasteiger partial charge in [0.2, 0.25) is 0 Å². The zero-order chi connectivity index (χ0) is 13.8. The SMILES string of the molecule is CCc1ccsc1C(C=O)NC(=O)OC(C)(C)C. The van der Waals surface area contributed by atoms with Gasteiger partial charge in [0, 0.05) is 4.88 Å². The molecule has 1 amide bonds. The molecule has 0 aromatic carbocycles. The van der Waals surface area contributed by atoms with E-state index in [2.05, 4.69) is 5.32 Å².